The molecule has 7 heteroatoms. The minimum Gasteiger partial charge on any atom is -0.393 e. The minimum absolute atomic E-state index is 0.134. The molecule has 0 radical (unpaired) electrons. The Morgan fingerprint density at radius 3 is 2.80 bits per heavy atom. The van der Waals surface area contributed by atoms with Crippen molar-refractivity contribution in [2.24, 2.45) is 13.0 Å². The number of hydrogen-bond donors (Lipinski definition) is 1. The molecule has 0 spiro atoms. The Bertz CT molecular complexity index is 456. The standard InChI is InChI=1S/C13H20F3N3O/c1-9(20)10-4-3-5-19(7-10)8-11-6-17-18(2)12(11)13(14,15)16/h6,9-10,20H,3-5,7-8H2,1-2H3. The third-order valence-electron chi connectivity index (χ3n) is 3.90. The molecule has 114 valence electrons. The third kappa shape index (κ3) is 3.32. The topological polar surface area (TPSA) is 41.3 Å². The molecule has 0 amide bonds. The minimum atomic E-state index is -4.39. The summed E-state index contributed by atoms with van der Waals surface area (Å²) in [5, 5.41) is 13.3. The monoisotopic (exact) mass is 291 g/mol. The van der Waals surface area contributed by atoms with Crippen molar-refractivity contribution < 1.29 is 18.3 Å². The van der Waals surface area contributed by atoms with Crippen molar-refractivity contribution >= 4 is 0 Å². The maximum atomic E-state index is 13.0. The molecule has 0 bridgehead atoms. The molecule has 1 aromatic rings. The second kappa shape index (κ2) is 5.73. The summed E-state index contributed by atoms with van der Waals surface area (Å²) >= 11 is 0. The summed E-state index contributed by atoms with van der Waals surface area (Å²) in [5.74, 6) is 0.134. The molecule has 2 atom stereocenters. The van der Waals surface area contributed by atoms with Gasteiger partial charge in [0.15, 0.2) is 0 Å². The van der Waals surface area contributed by atoms with Crippen molar-refractivity contribution in [3.8, 4) is 0 Å². The number of aliphatic hydroxyl groups excluding tert-OH is 1. The molecule has 1 aliphatic rings. The van der Waals surface area contributed by atoms with E-state index in [4.69, 9.17) is 0 Å². The molecule has 2 rings (SSSR count). The molecule has 4 nitrogen and oxygen atoms in total. The average molecular weight is 291 g/mol. The normalized spacial score (nSPS) is 23.0. The molecule has 20 heavy (non-hydrogen) atoms. The summed E-state index contributed by atoms with van der Waals surface area (Å²) in [5.41, 5.74) is -0.483. The Hall–Kier alpha value is -1.08. The third-order valence-corrected chi connectivity index (χ3v) is 3.90. The van der Waals surface area contributed by atoms with E-state index in [-0.39, 0.29) is 18.0 Å². The molecule has 0 saturated carbocycles. The van der Waals surface area contributed by atoms with Gasteiger partial charge in [0.1, 0.15) is 5.69 Å². The highest BCUT2D eigenvalue weighted by Crippen LogP contribution is 2.32. The smallest absolute Gasteiger partial charge is 0.393 e. The van der Waals surface area contributed by atoms with E-state index in [1.165, 1.54) is 13.2 Å². The maximum absolute atomic E-state index is 13.0. The first-order valence-corrected chi connectivity index (χ1v) is 6.77. The van der Waals surface area contributed by atoms with Gasteiger partial charge in [-0.05, 0) is 32.2 Å². The lowest BCUT2D eigenvalue weighted by Crippen LogP contribution is -2.39. The second-order valence-electron chi connectivity index (χ2n) is 5.52. The molecule has 1 saturated heterocycles. The molecule has 0 aliphatic carbocycles. The lowest BCUT2D eigenvalue weighted by molar-refractivity contribution is -0.144. The lowest BCUT2D eigenvalue weighted by Gasteiger charge is -2.34. The fourth-order valence-electron chi connectivity index (χ4n) is 2.83. The van der Waals surface area contributed by atoms with Gasteiger partial charge in [0.05, 0.1) is 12.3 Å². The van der Waals surface area contributed by atoms with Crippen LogP contribution in [0.25, 0.3) is 0 Å². The number of halogens is 3. The van der Waals surface area contributed by atoms with Gasteiger partial charge in [-0.3, -0.25) is 9.58 Å². The molecule has 2 unspecified atom stereocenters. The van der Waals surface area contributed by atoms with Gasteiger partial charge in [-0.1, -0.05) is 0 Å². The number of piperidine rings is 1. The molecule has 2 heterocycles. The van der Waals surface area contributed by atoms with Crippen LogP contribution in [0, 0.1) is 5.92 Å². The van der Waals surface area contributed by atoms with E-state index in [0.29, 0.717) is 6.54 Å². The number of aromatic nitrogens is 2. The molecular formula is C13H20F3N3O. The van der Waals surface area contributed by atoms with E-state index in [0.717, 1.165) is 24.1 Å². The largest absolute Gasteiger partial charge is 0.433 e. The van der Waals surface area contributed by atoms with E-state index in [1.807, 2.05) is 4.90 Å². The highest BCUT2D eigenvalue weighted by atomic mass is 19.4. The van der Waals surface area contributed by atoms with Gasteiger partial charge < -0.3 is 5.11 Å². The lowest BCUT2D eigenvalue weighted by atomic mass is 9.93. The first-order chi connectivity index (χ1) is 9.29. The van der Waals surface area contributed by atoms with Crippen molar-refractivity contribution in [3.05, 3.63) is 17.5 Å². The van der Waals surface area contributed by atoms with Gasteiger partial charge in [-0.15, -0.1) is 0 Å². The van der Waals surface area contributed by atoms with Crippen molar-refractivity contribution in [1.82, 2.24) is 14.7 Å². The first-order valence-electron chi connectivity index (χ1n) is 6.77. The summed E-state index contributed by atoms with van der Waals surface area (Å²) in [6, 6.07) is 0. The van der Waals surface area contributed by atoms with Gasteiger partial charge in [-0.2, -0.15) is 18.3 Å². The van der Waals surface area contributed by atoms with Crippen molar-refractivity contribution in [2.45, 2.75) is 38.6 Å². The van der Waals surface area contributed by atoms with E-state index in [1.54, 1.807) is 6.92 Å². The number of aliphatic hydroxyl groups is 1. The zero-order valence-corrected chi connectivity index (χ0v) is 11.7. The summed E-state index contributed by atoms with van der Waals surface area (Å²) in [6.07, 6.45) is -1.70. The quantitative estimate of drug-likeness (QED) is 0.926. The highest BCUT2D eigenvalue weighted by molar-refractivity contribution is 5.20. The van der Waals surface area contributed by atoms with Crippen LogP contribution in [0.5, 0.6) is 0 Å². The van der Waals surface area contributed by atoms with Crippen LogP contribution in [0.1, 0.15) is 31.0 Å². The second-order valence-corrected chi connectivity index (χ2v) is 5.52. The van der Waals surface area contributed by atoms with E-state index in [9.17, 15) is 18.3 Å². The molecule has 1 fully saturated rings. The fraction of sp³-hybridized carbons (Fsp3) is 0.769. The number of aryl methyl sites for hydroxylation is 1. The van der Waals surface area contributed by atoms with E-state index < -0.39 is 18.0 Å². The number of hydrogen-bond acceptors (Lipinski definition) is 3. The maximum Gasteiger partial charge on any atom is 0.433 e. The van der Waals surface area contributed by atoms with Crippen LogP contribution in [0.15, 0.2) is 6.20 Å². The van der Waals surface area contributed by atoms with Crippen LogP contribution in [-0.2, 0) is 19.8 Å². The number of likely N-dealkylation sites (tertiary alicyclic amines) is 1. The van der Waals surface area contributed by atoms with Gasteiger partial charge in [-0.25, -0.2) is 0 Å². The highest BCUT2D eigenvalue weighted by Gasteiger charge is 2.38. The van der Waals surface area contributed by atoms with Crippen molar-refractivity contribution in [2.75, 3.05) is 13.1 Å². The van der Waals surface area contributed by atoms with Crippen LogP contribution in [0.4, 0.5) is 13.2 Å². The SMILES string of the molecule is CC(O)C1CCCN(Cc2cnn(C)c2C(F)(F)F)C1. The number of alkyl halides is 3. The van der Waals surface area contributed by atoms with Gasteiger partial charge in [0, 0.05) is 25.7 Å². The number of nitrogens with zero attached hydrogens (tertiary/aromatic N) is 3. The Kier molecular flexibility index (Phi) is 4.39. The first kappa shape index (κ1) is 15.3. The summed E-state index contributed by atoms with van der Waals surface area (Å²) in [7, 11) is 1.31. The molecule has 1 aliphatic heterocycles. The van der Waals surface area contributed by atoms with Crippen LogP contribution in [-0.4, -0.2) is 39.0 Å². The predicted octanol–water partition coefficient (Wildman–Crippen LogP) is 2.03. The van der Waals surface area contributed by atoms with Crippen LogP contribution < -0.4 is 0 Å². The van der Waals surface area contributed by atoms with Crippen LogP contribution in [0.2, 0.25) is 0 Å². The summed E-state index contributed by atoms with van der Waals surface area (Å²) in [6.45, 7) is 3.35. The number of rotatable bonds is 3. The zero-order chi connectivity index (χ0) is 14.9. The Labute approximate surface area is 116 Å². The molecular weight excluding hydrogens is 271 g/mol. The van der Waals surface area contributed by atoms with Gasteiger partial charge >= 0.3 is 6.18 Å². The predicted molar refractivity (Wildman–Crippen MR) is 67.9 cm³/mol. The Balaban J connectivity index is 2.11. The molecule has 1 N–H and O–H groups in total. The fourth-order valence-corrected chi connectivity index (χ4v) is 2.83. The van der Waals surface area contributed by atoms with E-state index >= 15 is 0 Å². The van der Waals surface area contributed by atoms with E-state index in [2.05, 4.69) is 5.10 Å². The average Bonchev–Trinajstić information content (AvgIpc) is 2.70. The molecule has 0 aromatic carbocycles. The Morgan fingerprint density at radius 1 is 1.50 bits per heavy atom. The van der Waals surface area contributed by atoms with Gasteiger partial charge in [0.25, 0.3) is 0 Å². The summed E-state index contributed by atoms with van der Waals surface area (Å²) < 4.78 is 39.8. The molecule has 1 aromatic heterocycles. The zero-order valence-electron chi connectivity index (χ0n) is 11.7. The Morgan fingerprint density at radius 2 is 2.20 bits per heavy atom. The van der Waals surface area contributed by atoms with Crippen LogP contribution >= 0.6 is 0 Å². The van der Waals surface area contributed by atoms with Gasteiger partial charge in [0.2, 0.25) is 0 Å². The van der Waals surface area contributed by atoms with Crippen molar-refractivity contribution in [1.29, 1.82) is 0 Å². The van der Waals surface area contributed by atoms with Crippen molar-refractivity contribution in [3.63, 3.8) is 0 Å². The summed E-state index contributed by atoms with van der Waals surface area (Å²) in [4.78, 5) is 1.97. The van der Waals surface area contributed by atoms with Crippen LogP contribution in [0.3, 0.4) is 0 Å².